The standard InChI is InChI=1S/C13H28N2/c1-6-12(10-14-11(2)3)15-9-7-8-13(15,4)5/h11-12,14H,6-10H2,1-5H3. The zero-order valence-corrected chi connectivity index (χ0v) is 11.1. The topological polar surface area (TPSA) is 15.3 Å². The lowest BCUT2D eigenvalue weighted by atomic mass is 9.99. The van der Waals surface area contributed by atoms with Crippen LogP contribution in [0.25, 0.3) is 0 Å². The van der Waals surface area contributed by atoms with E-state index >= 15 is 0 Å². The highest BCUT2D eigenvalue weighted by molar-refractivity contribution is 4.92. The summed E-state index contributed by atoms with van der Waals surface area (Å²) in [6, 6.07) is 1.31. The molecular weight excluding hydrogens is 184 g/mol. The van der Waals surface area contributed by atoms with Crippen molar-refractivity contribution in [1.82, 2.24) is 10.2 Å². The van der Waals surface area contributed by atoms with Gasteiger partial charge in [-0.1, -0.05) is 20.8 Å². The summed E-state index contributed by atoms with van der Waals surface area (Å²) in [4.78, 5) is 2.70. The van der Waals surface area contributed by atoms with Gasteiger partial charge in [0.1, 0.15) is 0 Å². The van der Waals surface area contributed by atoms with Crippen LogP contribution >= 0.6 is 0 Å². The van der Waals surface area contributed by atoms with Gasteiger partial charge in [0.05, 0.1) is 0 Å². The monoisotopic (exact) mass is 212 g/mol. The van der Waals surface area contributed by atoms with E-state index in [1.54, 1.807) is 0 Å². The van der Waals surface area contributed by atoms with Crippen molar-refractivity contribution in [2.75, 3.05) is 13.1 Å². The average Bonchev–Trinajstić information content (AvgIpc) is 2.47. The molecule has 0 saturated carbocycles. The molecule has 0 bridgehead atoms. The molecule has 90 valence electrons. The van der Waals surface area contributed by atoms with Crippen LogP contribution in [0.3, 0.4) is 0 Å². The molecule has 0 aromatic rings. The number of hydrogen-bond donors (Lipinski definition) is 1. The van der Waals surface area contributed by atoms with Crippen LogP contribution in [0.15, 0.2) is 0 Å². The molecule has 0 amide bonds. The summed E-state index contributed by atoms with van der Waals surface area (Å²) in [6.45, 7) is 13.9. The van der Waals surface area contributed by atoms with E-state index in [9.17, 15) is 0 Å². The van der Waals surface area contributed by atoms with Crippen molar-refractivity contribution < 1.29 is 0 Å². The Morgan fingerprint density at radius 3 is 2.40 bits per heavy atom. The fraction of sp³-hybridized carbons (Fsp3) is 1.00. The van der Waals surface area contributed by atoms with Crippen molar-refractivity contribution in [3.63, 3.8) is 0 Å². The highest BCUT2D eigenvalue weighted by Crippen LogP contribution is 2.30. The van der Waals surface area contributed by atoms with Gasteiger partial charge in [0.2, 0.25) is 0 Å². The van der Waals surface area contributed by atoms with E-state index < -0.39 is 0 Å². The molecule has 1 N–H and O–H groups in total. The van der Waals surface area contributed by atoms with Crippen LogP contribution in [0.4, 0.5) is 0 Å². The Balaban J connectivity index is 2.50. The summed E-state index contributed by atoms with van der Waals surface area (Å²) in [5, 5.41) is 3.57. The fourth-order valence-electron chi connectivity index (χ4n) is 2.65. The van der Waals surface area contributed by atoms with Crippen LogP contribution in [0, 0.1) is 0 Å². The van der Waals surface area contributed by atoms with E-state index in [4.69, 9.17) is 0 Å². The van der Waals surface area contributed by atoms with Crippen LogP contribution in [-0.4, -0.2) is 35.6 Å². The van der Waals surface area contributed by atoms with Crippen LogP contribution in [0.2, 0.25) is 0 Å². The van der Waals surface area contributed by atoms with Crippen molar-refractivity contribution >= 4 is 0 Å². The lowest BCUT2D eigenvalue weighted by molar-refractivity contribution is 0.109. The zero-order chi connectivity index (χ0) is 11.5. The van der Waals surface area contributed by atoms with Gasteiger partial charge < -0.3 is 5.32 Å². The maximum atomic E-state index is 3.57. The second kappa shape index (κ2) is 5.31. The van der Waals surface area contributed by atoms with Gasteiger partial charge >= 0.3 is 0 Å². The molecule has 1 rings (SSSR count). The molecule has 1 heterocycles. The van der Waals surface area contributed by atoms with Gasteiger partial charge in [-0.2, -0.15) is 0 Å². The Morgan fingerprint density at radius 2 is 2.00 bits per heavy atom. The maximum Gasteiger partial charge on any atom is 0.0223 e. The number of nitrogens with one attached hydrogen (secondary N) is 1. The lowest BCUT2D eigenvalue weighted by Gasteiger charge is -2.38. The molecule has 2 heteroatoms. The number of nitrogens with zero attached hydrogens (tertiary/aromatic N) is 1. The molecule has 0 spiro atoms. The van der Waals surface area contributed by atoms with E-state index in [0.717, 1.165) is 6.54 Å². The number of rotatable bonds is 5. The summed E-state index contributed by atoms with van der Waals surface area (Å²) >= 11 is 0. The molecule has 0 aromatic heterocycles. The molecule has 2 nitrogen and oxygen atoms in total. The largest absolute Gasteiger partial charge is 0.313 e. The predicted molar refractivity (Wildman–Crippen MR) is 67.2 cm³/mol. The maximum absolute atomic E-state index is 3.57. The Labute approximate surface area is 95.4 Å². The smallest absolute Gasteiger partial charge is 0.0223 e. The minimum atomic E-state index is 0.416. The van der Waals surface area contributed by atoms with Crippen molar-refractivity contribution in [3.8, 4) is 0 Å². The predicted octanol–water partition coefficient (Wildman–Crippen LogP) is 2.64. The SMILES string of the molecule is CCC(CNC(C)C)N1CCCC1(C)C. The number of likely N-dealkylation sites (tertiary alicyclic amines) is 1. The molecule has 0 radical (unpaired) electrons. The van der Waals surface area contributed by atoms with Crippen LogP contribution in [0.1, 0.15) is 53.9 Å². The summed E-state index contributed by atoms with van der Waals surface area (Å²) < 4.78 is 0. The highest BCUT2D eigenvalue weighted by Gasteiger charge is 2.35. The quantitative estimate of drug-likeness (QED) is 0.753. The minimum Gasteiger partial charge on any atom is -0.313 e. The van der Waals surface area contributed by atoms with E-state index in [1.807, 2.05) is 0 Å². The van der Waals surface area contributed by atoms with Crippen LogP contribution < -0.4 is 5.32 Å². The van der Waals surface area contributed by atoms with Gasteiger partial charge in [-0.15, -0.1) is 0 Å². The van der Waals surface area contributed by atoms with Gasteiger partial charge in [-0.25, -0.2) is 0 Å². The molecule has 1 atom stereocenters. The Bertz CT molecular complexity index is 187. The third-order valence-electron chi connectivity index (χ3n) is 3.64. The van der Waals surface area contributed by atoms with E-state index in [-0.39, 0.29) is 0 Å². The third-order valence-corrected chi connectivity index (χ3v) is 3.64. The highest BCUT2D eigenvalue weighted by atomic mass is 15.2. The first kappa shape index (κ1) is 13.0. The van der Waals surface area contributed by atoms with Crippen molar-refractivity contribution in [3.05, 3.63) is 0 Å². The Morgan fingerprint density at radius 1 is 1.33 bits per heavy atom. The normalized spacial score (nSPS) is 23.6. The summed E-state index contributed by atoms with van der Waals surface area (Å²) in [5.74, 6) is 0. The first-order valence-electron chi connectivity index (χ1n) is 6.47. The zero-order valence-electron chi connectivity index (χ0n) is 11.1. The Hall–Kier alpha value is -0.0800. The lowest BCUT2D eigenvalue weighted by Crippen LogP contribution is -2.50. The van der Waals surface area contributed by atoms with Crippen molar-refractivity contribution in [2.45, 2.75) is 71.5 Å². The second-order valence-corrected chi connectivity index (χ2v) is 5.73. The first-order chi connectivity index (χ1) is 6.97. The van der Waals surface area contributed by atoms with Gasteiger partial charge in [0.25, 0.3) is 0 Å². The molecule has 1 fully saturated rings. The van der Waals surface area contributed by atoms with E-state index in [2.05, 4.69) is 44.8 Å². The van der Waals surface area contributed by atoms with Crippen LogP contribution in [-0.2, 0) is 0 Å². The summed E-state index contributed by atoms with van der Waals surface area (Å²) in [7, 11) is 0. The van der Waals surface area contributed by atoms with Crippen molar-refractivity contribution in [2.24, 2.45) is 0 Å². The van der Waals surface area contributed by atoms with E-state index in [1.165, 1.54) is 25.8 Å². The molecule has 1 aliphatic rings. The molecule has 0 aromatic carbocycles. The van der Waals surface area contributed by atoms with Crippen LogP contribution in [0.5, 0.6) is 0 Å². The first-order valence-corrected chi connectivity index (χ1v) is 6.47. The minimum absolute atomic E-state index is 0.416. The third kappa shape index (κ3) is 3.46. The van der Waals surface area contributed by atoms with Crippen molar-refractivity contribution in [1.29, 1.82) is 0 Å². The van der Waals surface area contributed by atoms with E-state index in [0.29, 0.717) is 17.6 Å². The van der Waals surface area contributed by atoms with Gasteiger partial charge in [0.15, 0.2) is 0 Å². The summed E-state index contributed by atoms with van der Waals surface area (Å²) in [5.41, 5.74) is 0.416. The van der Waals surface area contributed by atoms with Gasteiger partial charge in [-0.05, 0) is 39.7 Å². The molecular formula is C13H28N2. The average molecular weight is 212 g/mol. The molecule has 1 saturated heterocycles. The second-order valence-electron chi connectivity index (χ2n) is 5.73. The van der Waals surface area contributed by atoms with Gasteiger partial charge in [0, 0.05) is 24.2 Å². The van der Waals surface area contributed by atoms with Gasteiger partial charge in [-0.3, -0.25) is 4.90 Å². The molecule has 15 heavy (non-hydrogen) atoms. The molecule has 0 aliphatic carbocycles. The molecule has 1 aliphatic heterocycles. The molecule has 1 unspecified atom stereocenters. The Kier molecular flexibility index (Phi) is 4.60. The fourth-order valence-corrected chi connectivity index (χ4v) is 2.65. The number of hydrogen-bond acceptors (Lipinski definition) is 2. The summed E-state index contributed by atoms with van der Waals surface area (Å²) in [6.07, 6.45) is 3.97.